The maximum Gasteiger partial charge on any atom is 0.411 e. The zero-order valence-electron chi connectivity index (χ0n) is 11.0. The molecule has 0 bridgehead atoms. The molecule has 0 spiro atoms. The van der Waals surface area contributed by atoms with E-state index in [1.807, 2.05) is 20.8 Å². The van der Waals surface area contributed by atoms with Gasteiger partial charge in [-0.15, -0.1) is 0 Å². The van der Waals surface area contributed by atoms with E-state index in [4.69, 9.17) is 11.6 Å². The molecule has 0 aliphatic carbocycles. The molecule has 1 heterocycles. The van der Waals surface area contributed by atoms with Gasteiger partial charge in [-0.1, -0.05) is 25.4 Å². The predicted molar refractivity (Wildman–Crippen MR) is 66.4 cm³/mol. The Labute approximate surface area is 115 Å². The van der Waals surface area contributed by atoms with Gasteiger partial charge in [-0.3, -0.25) is 0 Å². The van der Waals surface area contributed by atoms with Crippen molar-refractivity contribution in [3.8, 4) is 0 Å². The van der Waals surface area contributed by atoms with Gasteiger partial charge in [0.1, 0.15) is 17.6 Å². The maximum atomic E-state index is 11.9. The summed E-state index contributed by atoms with van der Waals surface area (Å²) in [6.45, 7) is 4.41. The smallest absolute Gasteiger partial charge is 0.372 e. The molecule has 108 valence electrons. The second-order valence-electron chi connectivity index (χ2n) is 4.50. The molecule has 0 unspecified atom stereocenters. The first-order valence-electron chi connectivity index (χ1n) is 5.88. The Morgan fingerprint density at radius 1 is 1.26 bits per heavy atom. The molecule has 0 fully saturated rings. The number of aryl methyl sites for hydroxylation is 1. The van der Waals surface area contributed by atoms with Crippen LogP contribution in [0.5, 0.6) is 0 Å². The van der Waals surface area contributed by atoms with Gasteiger partial charge in [0.15, 0.2) is 0 Å². The van der Waals surface area contributed by atoms with E-state index in [1.165, 1.54) is 0 Å². The van der Waals surface area contributed by atoms with Crippen LogP contribution >= 0.6 is 11.6 Å². The van der Waals surface area contributed by atoms with E-state index >= 15 is 0 Å². The summed E-state index contributed by atoms with van der Waals surface area (Å²) in [7, 11) is 0. The number of halogens is 4. The zero-order chi connectivity index (χ0) is 14.6. The van der Waals surface area contributed by atoms with E-state index in [0.29, 0.717) is 11.0 Å². The minimum absolute atomic E-state index is 0.0870. The van der Waals surface area contributed by atoms with E-state index in [9.17, 15) is 13.2 Å². The molecule has 7 heteroatoms. The van der Waals surface area contributed by atoms with Crippen molar-refractivity contribution >= 4 is 11.6 Å². The molecule has 0 aromatic carbocycles. The van der Waals surface area contributed by atoms with Crippen LogP contribution in [-0.4, -0.2) is 29.4 Å². The van der Waals surface area contributed by atoms with Gasteiger partial charge in [0.2, 0.25) is 0 Å². The fourth-order valence-corrected chi connectivity index (χ4v) is 2.17. The average molecular weight is 297 g/mol. The molecule has 0 amide bonds. The van der Waals surface area contributed by atoms with Crippen LogP contribution in [0, 0.1) is 6.92 Å². The van der Waals surface area contributed by atoms with Crippen LogP contribution in [0.3, 0.4) is 0 Å². The van der Waals surface area contributed by atoms with Gasteiger partial charge >= 0.3 is 6.18 Å². The van der Waals surface area contributed by atoms with Crippen LogP contribution in [0.1, 0.15) is 36.8 Å². The summed E-state index contributed by atoms with van der Waals surface area (Å²) in [5, 5.41) is 0.355. The first kappa shape index (κ1) is 16.2. The summed E-state index contributed by atoms with van der Waals surface area (Å²) in [5.74, 6) is 0.595. The first-order chi connectivity index (χ1) is 8.70. The standard InChI is InChI=1S/C12H16ClF3N2O/c1-7(2)10-8(3)17-9(18-11(10)13)4-5-19-6-12(14,15)16/h7H,4-6H2,1-3H3. The summed E-state index contributed by atoms with van der Waals surface area (Å²) in [6.07, 6.45) is -4.11. The fourth-order valence-electron chi connectivity index (χ4n) is 1.72. The first-order valence-corrected chi connectivity index (χ1v) is 6.26. The highest BCUT2D eigenvalue weighted by atomic mass is 35.5. The number of rotatable bonds is 5. The lowest BCUT2D eigenvalue weighted by atomic mass is 10.0. The third-order valence-electron chi connectivity index (χ3n) is 2.45. The SMILES string of the molecule is Cc1nc(CCOCC(F)(F)F)nc(Cl)c1C(C)C. The van der Waals surface area contributed by atoms with Crippen molar-refractivity contribution in [1.29, 1.82) is 0 Å². The monoisotopic (exact) mass is 296 g/mol. The second kappa shape index (κ2) is 6.52. The Balaban J connectivity index is 2.61. The van der Waals surface area contributed by atoms with Crippen LogP contribution < -0.4 is 0 Å². The molecule has 0 aliphatic rings. The predicted octanol–water partition coefficient (Wildman–Crippen LogP) is 3.68. The van der Waals surface area contributed by atoms with E-state index in [0.717, 1.165) is 11.3 Å². The highest BCUT2D eigenvalue weighted by Gasteiger charge is 2.27. The van der Waals surface area contributed by atoms with Gasteiger partial charge in [0.25, 0.3) is 0 Å². The molecule has 3 nitrogen and oxygen atoms in total. The van der Waals surface area contributed by atoms with E-state index < -0.39 is 12.8 Å². The van der Waals surface area contributed by atoms with Crippen LogP contribution in [0.4, 0.5) is 13.2 Å². The maximum absolute atomic E-state index is 11.9. The van der Waals surface area contributed by atoms with Gasteiger partial charge in [0.05, 0.1) is 6.61 Å². The van der Waals surface area contributed by atoms with E-state index in [1.54, 1.807) is 0 Å². The van der Waals surface area contributed by atoms with E-state index in [-0.39, 0.29) is 18.9 Å². The quantitative estimate of drug-likeness (QED) is 0.614. The molecular weight excluding hydrogens is 281 g/mol. The van der Waals surface area contributed by atoms with Crippen LogP contribution in [0.2, 0.25) is 5.15 Å². The Morgan fingerprint density at radius 2 is 1.89 bits per heavy atom. The largest absolute Gasteiger partial charge is 0.411 e. The number of hydrogen-bond acceptors (Lipinski definition) is 3. The second-order valence-corrected chi connectivity index (χ2v) is 4.86. The molecule has 0 atom stereocenters. The molecule has 0 saturated carbocycles. The van der Waals surface area contributed by atoms with Gasteiger partial charge in [-0.05, 0) is 12.8 Å². The van der Waals surface area contributed by atoms with Crippen molar-refractivity contribution in [2.75, 3.05) is 13.2 Å². The Bertz CT molecular complexity index is 412. The molecule has 19 heavy (non-hydrogen) atoms. The van der Waals surface area contributed by atoms with Crippen molar-refractivity contribution in [3.05, 3.63) is 22.2 Å². The lowest BCUT2D eigenvalue weighted by Crippen LogP contribution is -2.18. The fraction of sp³-hybridized carbons (Fsp3) is 0.667. The molecular formula is C12H16ClF3N2O. The molecule has 0 saturated heterocycles. The van der Waals surface area contributed by atoms with Crippen molar-refractivity contribution < 1.29 is 17.9 Å². The lowest BCUT2D eigenvalue weighted by molar-refractivity contribution is -0.173. The van der Waals surface area contributed by atoms with Crippen LogP contribution in [-0.2, 0) is 11.2 Å². The minimum atomic E-state index is -4.31. The molecule has 1 rings (SSSR count). The Kier molecular flexibility index (Phi) is 5.55. The third kappa shape index (κ3) is 5.32. The topological polar surface area (TPSA) is 35.0 Å². The molecule has 1 aromatic heterocycles. The van der Waals surface area contributed by atoms with E-state index in [2.05, 4.69) is 14.7 Å². The Hall–Kier alpha value is -0.880. The van der Waals surface area contributed by atoms with Crippen molar-refractivity contribution in [3.63, 3.8) is 0 Å². The highest BCUT2D eigenvalue weighted by Crippen LogP contribution is 2.25. The number of nitrogens with zero attached hydrogens (tertiary/aromatic N) is 2. The van der Waals surface area contributed by atoms with Crippen molar-refractivity contribution in [2.45, 2.75) is 39.3 Å². The summed E-state index contributed by atoms with van der Waals surface area (Å²) in [4.78, 5) is 8.31. The summed E-state index contributed by atoms with van der Waals surface area (Å²) < 4.78 is 40.1. The van der Waals surface area contributed by atoms with Gasteiger partial charge < -0.3 is 4.74 Å². The molecule has 0 N–H and O–H groups in total. The highest BCUT2D eigenvalue weighted by molar-refractivity contribution is 6.30. The number of hydrogen-bond donors (Lipinski definition) is 0. The summed E-state index contributed by atoms with van der Waals surface area (Å²) in [5.41, 5.74) is 1.61. The van der Waals surface area contributed by atoms with Gasteiger partial charge in [-0.25, -0.2) is 9.97 Å². The average Bonchev–Trinajstić information content (AvgIpc) is 2.21. The normalized spacial score (nSPS) is 12.2. The Morgan fingerprint density at radius 3 is 2.37 bits per heavy atom. The number of alkyl halides is 3. The van der Waals surface area contributed by atoms with Gasteiger partial charge in [0, 0.05) is 17.7 Å². The molecule has 0 radical (unpaired) electrons. The number of aromatic nitrogens is 2. The van der Waals surface area contributed by atoms with Crippen LogP contribution in [0.25, 0.3) is 0 Å². The minimum Gasteiger partial charge on any atom is -0.372 e. The van der Waals surface area contributed by atoms with Crippen molar-refractivity contribution in [2.24, 2.45) is 0 Å². The lowest BCUT2D eigenvalue weighted by Gasteiger charge is -2.12. The van der Waals surface area contributed by atoms with Crippen LogP contribution in [0.15, 0.2) is 0 Å². The number of ether oxygens (including phenoxy) is 1. The van der Waals surface area contributed by atoms with Gasteiger partial charge in [-0.2, -0.15) is 13.2 Å². The summed E-state index contributed by atoms with van der Waals surface area (Å²) in [6, 6.07) is 0. The summed E-state index contributed by atoms with van der Waals surface area (Å²) >= 11 is 6.04. The van der Waals surface area contributed by atoms with Crippen molar-refractivity contribution in [1.82, 2.24) is 9.97 Å². The zero-order valence-corrected chi connectivity index (χ0v) is 11.8. The third-order valence-corrected chi connectivity index (χ3v) is 2.74. The molecule has 1 aromatic rings. The molecule has 0 aliphatic heterocycles.